The summed E-state index contributed by atoms with van der Waals surface area (Å²) in [5.74, 6) is -0.879. The molecule has 0 aromatic heterocycles. The minimum Gasteiger partial charge on any atom is -0.391 e. The third-order valence-corrected chi connectivity index (χ3v) is 2.87. The summed E-state index contributed by atoms with van der Waals surface area (Å²) in [6, 6.07) is 0.269. The monoisotopic (exact) mass is 213 g/mol. The highest BCUT2D eigenvalue weighted by Gasteiger charge is 2.32. The molecule has 0 aromatic carbocycles. The molecule has 2 fully saturated rings. The van der Waals surface area contributed by atoms with Crippen LogP contribution in [0.4, 0.5) is 0 Å². The number of nitrogens with zero attached hydrogens (tertiary/aromatic N) is 1. The summed E-state index contributed by atoms with van der Waals surface area (Å²) in [5, 5.41) is 0. The summed E-state index contributed by atoms with van der Waals surface area (Å²) < 4.78 is 9.91. The van der Waals surface area contributed by atoms with Gasteiger partial charge in [0.2, 0.25) is 0 Å². The molecule has 2 unspecified atom stereocenters. The maximum absolute atomic E-state index is 11.1. The van der Waals surface area contributed by atoms with E-state index in [0.717, 1.165) is 12.8 Å². The van der Waals surface area contributed by atoms with Crippen LogP contribution in [0, 0.1) is 0 Å². The van der Waals surface area contributed by atoms with Crippen molar-refractivity contribution in [1.29, 1.82) is 0 Å². The summed E-state index contributed by atoms with van der Waals surface area (Å²) >= 11 is 0. The van der Waals surface area contributed by atoms with Crippen LogP contribution < -0.4 is 0 Å². The van der Waals surface area contributed by atoms with Crippen molar-refractivity contribution in [3.05, 3.63) is 0 Å². The first kappa shape index (κ1) is 10.6. The van der Waals surface area contributed by atoms with Crippen LogP contribution in [0.25, 0.3) is 0 Å². The molecule has 2 aliphatic heterocycles. The van der Waals surface area contributed by atoms with Crippen LogP contribution in [0.15, 0.2) is 0 Å². The molecule has 5 heteroatoms. The van der Waals surface area contributed by atoms with Crippen LogP contribution in [0.2, 0.25) is 0 Å². The highest BCUT2D eigenvalue weighted by Crippen LogP contribution is 2.20. The molecule has 15 heavy (non-hydrogen) atoms. The van der Waals surface area contributed by atoms with Crippen molar-refractivity contribution in [2.24, 2.45) is 0 Å². The molecule has 2 atom stereocenters. The van der Waals surface area contributed by atoms with Crippen molar-refractivity contribution < 1.29 is 19.1 Å². The number of cyclic esters (lactones) is 2. The Kier molecular flexibility index (Phi) is 3.02. The van der Waals surface area contributed by atoms with Crippen molar-refractivity contribution in [2.75, 3.05) is 19.7 Å². The SMILES string of the molecule is CC1CC(N2CC(=O)OC(=O)C2)CCO1. The summed E-state index contributed by atoms with van der Waals surface area (Å²) in [5.41, 5.74) is 0. The van der Waals surface area contributed by atoms with Crippen LogP contribution in [0.1, 0.15) is 19.8 Å². The minimum absolute atomic E-state index is 0.205. The van der Waals surface area contributed by atoms with E-state index < -0.39 is 11.9 Å². The smallest absolute Gasteiger partial charge is 0.327 e. The van der Waals surface area contributed by atoms with Crippen molar-refractivity contribution >= 4 is 11.9 Å². The highest BCUT2D eigenvalue weighted by molar-refractivity contribution is 5.90. The van der Waals surface area contributed by atoms with Crippen molar-refractivity contribution in [1.82, 2.24) is 4.90 Å². The Morgan fingerprint density at radius 2 is 1.93 bits per heavy atom. The first-order valence-electron chi connectivity index (χ1n) is 5.24. The van der Waals surface area contributed by atoms with E-state index in [1.54, 1.807) is 0 Å². The quantitative estimate of drug-likeness (QED) is 0.451. The van der Waals surface area contributed by atoms with Gasteiger partial charge >= 0.3 is 11.9 Å². The number of carbonyl (C=O) groups excluding carboxylic acids is 2. The van der Waals surface area contributed by atoms with E-state index >= 15 is 0 Å². The normalized spacial score (nSPS) is 33.9. The molecular formula is C10H15NO4. The molecule has 0 aromatic rings. The van der Waals surface area contributed by atoms with Crippen LogP contribution in [-0.4, -0.2) is 48.7 Å². The summed E-state index contributed by atoms with van der Waals surface area (Å²) in [7, 11) is 0. The zero-order chi connectivity index (χ0) is 10.8. The lowest BCUT2D eigenvalue weighted by atomic mass is 10.0. The topological polar surface area (TPSA) is 55.8 Å². The largest absolute Gasteiger partial charge is 0.391 e. The van der Waals surface area contributed by atoms with E-state index in [0.29, 0.717) is 6.61 Å². The van der Waals surface area contributed by atoms with E-state index in [1.807, 2.05) is 11.8 Å². The Morgan fingerprint density at radius 3 is 2.53 bits per heavy atom. The first-order valence-corrected chi connectivity index (χ1v) is 5.24. The molecule has 0 amide bonds. The summed E-state index contributed by atoms with van der Waals surface area (Å²) in [6.45, 7) is 3.16. The van der Waals surface area contributed by atoms with Gasteiger partial charge in [0.15, 0.2) is 0 Å². The second kappa shape index (κ2) is 4.28. The van der Waals surface area contributed by atoms with Gasteiger partial charge in [0.25, 0.3) is 0 Å². The van der Waals surface area contributed by atoms with E-state index in [-0.39, 0.29) is 25.2 Å². The minimum atomic E-state index is -0.439. The van der Waals surface area contributed by atoms with Gasteiger partial charge in [-0.1, -0.05) is 0 Å². The van der Waals surface area contributed by atoms with Crippen LogP contribution in [0.5, 0.6) is 0 Å². The Labute approximate surface area is 88.3 Å². The van der Waals surface area contributed by atoms with Gasteiger partial charge in [0, 0.05) is 12.6 Å². The van der Waals surface area contributed by atoms with Gasteiger partial charge in [-0.15, -0.1) is 0 Å². The zero-order valence-electron chi connectivity index (χ0n) is 8.77. The number of hydrogen-bond donors (Lipinski definition) is 0. The lowest BCUT2D eigenvalue weighted by Crippen LogP contribution is -2.50. The highest BCUT2D eigenvalue weighted by atomic mass is 16.6. The van der Waals surface area contributed by atoms with Crippen molar-refractivity contribution in [3.63, 3.8) is 0 Å². The number of esters is 2. The van der Waals surface area contributed by atoms with E-state index in [1.165, 1.54) is 0 Å². The molecule has 2 aliphatic rings. The van der Waals surface area contributed by atoms with Gasteiger partial charge in [-0.25, -0.2) is 0 Å². The molecular weight excluding hydrogens is 198 g/mol. The molecule has 0 N–H and O–H groups in total. The lowest BCUT2D eigenvalue weighted by Gasteiger charge is -2.36. The average molecular weight is 213 g/mol. The van der Waals surface area contributed by atoms with Gasteiger partial charge < -0.3 is 9.47 Å². The molecule has 0 aliphatic carbocycles. The third-order valence-electron chi connectivity index (χ3n) is 2.87. The van der Waals surface area contributed by atoms with Crippen molar-refractivity contribution in [3.8, 4) is 0 Å². The van der Waals surface area contributed by atoms with Crippen molar-refractivity contribution in [2.45, 2.75) is 31.9 Å². The van der Waals surface area contributed by atoms with Gasteiger partial charge in [0.1, 0.15) is 0 Å². The van der Waals surface area contributed by atoms with Gasteiger partial charge in [-0.3, -0.25) is 14.5 Å². The van der Waals surface area contributed by atoms with E-state index in [9.17, 15) is 9.59 Å². The lowest BCUT2D eigenvalue weighted by molar-refractivity contribution is -0.169. The maximum Gasteiger partial charge on any atom is 0.327 e. The van der Waals surface area contributed by atoms with Crippen LogP contribution in [0.3, 0.4) is 0 Å². The molecule has 0 spiro atoms. The fraction of sp³-hybridized carbons (Fsp3) is 0.800. The average Bonchev–Trinajstić information content (AvgIpc) is 2.16. The number of carbonyl (C=O) groups is 2. The number of hydrogen-bond acceptors (Lipinski definition) is 5. The predicted octanol–water partition coefficient (Wildman–Crippen LogP) is -0.0607. The van der Waals surface area contributed by atoms with Gasteiger partial charge in [0.05, 0.1) is 19.2 Å². The summed E-state index contributed by atoms with van der Waals surface area (Å²) in [6.07, 6.45) is 1.96. The number of morpholine rings is 1. The standard InChI is InChI=1S/C10H15NO4/c1-7-4-8(2-3-14-7)11-5-9(12)15-10(13)6-11/h7-8H,2-6H2,1H3. The van der Waals surface area contributed by atoms with E-state index in [4.69, 9.17) is 4.74 Å². The van der Waals surface area contributed by atoms with Crippen LogP contribution >= 0.6 is 0 Å². The molecule has 0 radical (unpaired) electrons. The fourth-order valence-electron chi connectivity index (χ4n) is 2.14. The molecule has 2 saturated heterocycles. The zero-order valence-corrected chi connectivity index (χ0v) is 8.77. The molecule has 5 nitrogen and oxygen atoms in total. The maximum atomic E-state index is 11.1. The van der Waals surface area contributed by atoms with Gasteiger partial charge in [-0.2, -0.15) is 0 Å². The molecule has 0 saturated carbocycles. The van der Waals surface area contributed by atoms with Crippen LogP contribution in [-0.2, 0) is 19.1 Å². The Hall–Kier alpha value is -0.940. The molecule has 2 heterocycles. The summed E-state index contributed by atoms with van der Waals surface area (Å²) in [4.78, 5) is 24.1. The second-order valence-corrected chi connectivity index (χ2v) is 4.11. The second-order valence-electron chi connectivity index (χ2n) is 4.11. The van der Waals surface area contributed by atoms with E-state index in [2.05, 4.69) is 4.74 Å². The predicted molar refractivity (Wildman–Crippen MR) is 51.1 cm³/mol. The molecule has 2 rings (SSSR count). The Bertz CT molecular complexity index is 263. The molecule has 84 valence electrons. The fourth-order valence-corrected chi connectivity index (χ4v) is 2.14. The van der Waals surface area contributed by atoms with Gasteiger partial charge in [-0.05, 0) is 19.8 Å². The molecule has 0 bridgehead atoms. The number of rotatable bonds is 1. The third kappa shape index (κ3) is 2.54. The Balaban J connectivity index is 1.96. The first-order chi connectivity index (χ1) is 7.15. The number of ether oxygens (including phenoxy) is 2. The Morgan fingerprint density at radius 1 is 1.27 bits per heavy atom.